The zero-order valence-electron chi connectivity index (χ0n) is 22.4. The van der Waals surface area contributed by atoms with Gasteiger partial charge < -0.3 is 16.1 Å². The standard InChI is InChI=1S/C30H25Cl2N7O/c1-17(40)24-12-21(13-25-28(18(14-33)15-34-29(24)25)35-20-6-4-5-19(31)11-20)36-30(23-7-2-3-8-26(23)32)27-16-39(38-37-27)22-9-10-22/h2-8,11-13,15-16,22,30,36-38H,9-10H2,1H3,(H,34,35)/t30-/m1/s1/i30D. The van der Waals surface area contributed by atoms with Gasteiger partial charge in [-0.2, -0.15) is 5.26 Å². The maximum absolute atomic E-state index is 12.9. The van der Waals surface area contributed by atoms with E-state index in [0.29, 0.717) is 60.9 Å². The van der Waals surface area contributed by atoms with Crippen LogP contribution in [0, 0.1) is 11.3 Å². The molecule has 4 aromatic rings. The minimum Gasteiger partial charge on any atom is -0.373 e. The molecular weight excluding hydrogens is 545 g/mol. The number of nitriles is 1. The van der Waals surface area contributed by atoms with E-state index in [-0.39, 0.29) is 11.3 Å². The molecule has 1 aliphatic carbocycles. The van der Waals surface area contributed by atoms with E-state index < -0.39 is 6.02 Å². The van der Waals surface area contributed by atoms with Gasteiger partial charge in [-0.1, -0.05) is 47.5 Å². The molecule has 4 N–H and O–H groups in total. The van der Waals surface area contributed by atoms with Crippen molar-refractivity contribution in [1.82, 2.24) is 21.0 Å². The first kappa shape index (κ1) is 24.7. The Morgan fingerprint density at radius 3 is 2.73 bits per heavy atom. The number of carbonyl (C=O) groups excluding carboxylic acids is 1. The maximum Gasteiger partial charge on any atom is 0.162 e. The summed E-state index contributed by atoms with van der Waals surface area (Å²) in [5.41, 5.74) is 9.99. The highest BCUT2D eigenvalue weighted by molar-refractivity contribution is 6.31. The summed E-state index contributed by atoms with van der Waals surface area (Å²) in [6.45, 7) is 1.46. The fraction of sp³-hybridized carbons (Fsp3) is 0.167. The van der Waals surface area contributed by atoms with Crippen molar-refractivity contribution in [3.8, 4) is 6.07 Å². The van der Waals surface area contributed by atoms with Crippen LogP contribution in [-0.4, -0.2) is 21.8 Å². The van der Waals surface area contributed by atoms with E-state index in [1.165, 1.54) is 13.1 Å². The lowest BCUT2D eigenvalue weighted by Gasteiger charge is -2.23. The molecule has 1 fully saturated rings. The maximum atomic E-state index is 12.9. The number of hydrazine groups is 2. The summed E-state index contributed by atoms with van der Waals surface area (Å²) in [4.78, 5) is 17.3. The molecule has 6 rings (SSSR count). The van der Waals surface area contributed by atoms with Gasteiger partial charge in [-0.25, -0.2) is 0 Å². The average Bonchev–Trinajstić information content (AvgIpc) is 3.68. The van der Waals surface area contributed by atoms with Crippen LogP contribution >= 0.6 is 23.2 Å². The topological polar surface area (TPSA) is 105 Å². The Kier molecular flexibility index (Phi) is 6.62. The summed E-state index contributed by atoms with van der Waals surface area (Å²) < 4.78 is 9.73. The average molecular weight is 571 g/mol. The second kappa shape index (κ2) is 10.7. The first-order valence-electron chi connectivity index (χ1n) is 13.2. The van der Waals surface area contributed by atoms with E-state index in [2.05, 4.69) is 32.6 Å². The van der Waals surface area contributed by atoms with Gasteiger partial charge in [-0.3, -0.25) is 14.8 Å². The van der Waals surface area contributed by atoms with Crippen LogP contribution in [0.5, 0.6) is 0 Å². The predicted octanol–water partition coefficient (Wildman–Crippen LogP) is 6.84. The summed E-state index contributed by atoms with van der Waals surface area (Å²) in [5.74, 6) is -0.210. The number of aromatic nitrogens is 1. The zero-order chi connectivity index (χ0) is 28.7. The number of halogens is 2. The van der Waals surface area contributed by atoms with Crippen molar-refractivity contribution in [2.24, 2.45) is 0 Å². The minimum atomic E-state index is -1.57. The number of nitrogens with one attached hydrogen (secondary N) is 4. The molecule has 0 bridgehead atoms. The normalized spacial score (nSPS) is 16.4. The van der Waals surface area contributed by atoms with E-state index in [1.54, 1.807) is 42.5 Å². The summed E-state index contributed by atoms with van der Waals surface area (Å²) in [6.07, 6.45) is 5.44. The number of rotatable bonds is 8. The van der Waals surface area contributed by atoms with Gasteiger partial charge in [0.1, 0.15) is 6.07 Å². The van der Waals surface area contributed by atoms with Crippen molar-refractivity contribution in [1.29, 1.82) is 5.26 Å². The number of ketones is 1. The zero-order valence-corrected chi connectivity index (χ0v) is 22.9. The summed E-state index contributed by atoms with van der Waals surface area (Å²) in [5, 5.41) is 20.0. The largest absolute Gasteiger partial charge is 0.373 e. The molecule has 1 aliphatic heterocycles. The lowest BCUT2D eigenvalue weighted by atomic mass is 10.00. The molecule has 0 spiro atoms. The molecule has 0 saturated heterocycles. The van der Waals surface area contributed by atoms with Crippen molar-refractivity contribution >= 4 is 57.0 Å². The highest BCUT2D eigenvalue weighted by Crippen LogP contribution is 2.38. The monoisotopic (exact) mass is 570 g/mol. The second-order valence-corrected chi connectivity index (χ2v) is 10.5. The Morgan fingerprint density at radius 2 is 2.00 bits per heavy atom. The number of anilines is 3. The van der Waals surface area contributed by atoms with Gasteiger partial charge in [0.25, 0.3) is 0 Å². The fourth-order valence-corrected chi connectivity index (χ4v) is 5.09. The Morgan fingerprint density at radius 1 is 1.18 bits per heavy atom. The number of hydrogen-bond acceptors (Lipinski definition) is 8. The summed E-state index contributed by atoms with van der Waals surface area (Å²) in [6, 6.07) is 18.7. The van der Waals surface area contributed by atoms with E-state index in [1.807, 2.05) is 29.4 Å². The molecule has 2 heterocycles. The SMILES string of the molecule is [2H][C@](Nc1cc(C(C)=O)c2ncc(C#N)c(Nc3cccc(Cl)c3)c2c1)(C1=CN(C2CC2)NN1)c1ccccc1Cl. The van der Waals surface area contributed by atoms with Crippen LogP contribution in [0.4, 0.5) is 17.1 Å². The third-order valence-electron chi connectivity index (χ3n) is 6.78. The van der Waals surface area contributed by atoms with Gasteiger partial charge in [-0.05, 0) is 61.7 Å². The van der Waals surface area contributed by atoms with Crippen LogP contribution in [0.15, 0.2) is 78.8 Å². The molecule has 1 aromatic heterocycles. The highest BCUT2D eigenvalue weighted by atomic mass is 35.5. The highest BCUT2D eigenvalue weighted by Gasteiger charge is 2.33. The van der Waals surface area contributed by atoms with Crippen molar-refractivity contribution in [3.63, 3.8) is 0 Å². The van der Waals surface area contributed by atoms with Gasteiger partial charge in [0.05, 0.1) is 29.9 Å². The summed E-state index contributed by atoms with van der Waals surface area (Å²) in [7, 11) is 0. The Labute approximate surface area is 242 Å². The molecule has 3 aromatic carbocycles. The molecule has 40 heavy (non-hydrogen) atoms. The lowest BCUT2D eigenvalue weighted by molar-refractivity contribution is 0.101. The van der Waals surface area contributed by atoms with Crippen molar-refractivity contribution in [2.45, 2.75) is 31.8 Å². The first-order chi connectivity index (χ1) is 19.8. The lowest BCUT2D eigenvalue weighted by Crippen LogP contribution is -2.38. The number of pyridine rings is 1. The second-order valence-electron chi connectivity index (χ2n) is 9.67. The molecule has 0 radical (unpaired) electrons. The van der Waals surface area contributed by atoms with Crippen molar-refractivity contribution < 1.29 is 6.17 Å². The van der Waals surface area contributed by atoms with Gasteiger partial charge in [0.2, 0.25) is 0 Å². The van der Waals surface area contributed by atoms with E-state index in [0.717, 1.165) is 12.8 Å². The Balaban J connectivity index is 1.52. The number of fused-ring (bicyclic) bond motifs is 1. The van der Waals surface area contributed by atoms with Crippen LogP contribution in [0.3, 0.4) is 0 Å². The number of nitrogens with zero attached hydrogens (tertiary/aromatic N) is 3. The van der Waals surface area contributed by atoms with Crippen LogP contribution in [0.25, 0.3) is 10.9 Å². The third kappa shape index (κ3) is 5.15. The number of benzene rings is 3. The van der Waals surface area contributed by atoms with Crippen LogP contribution in [0.2, 0.25) is 10.0 Å². The van der Waals surface area contributed by atoms with E-state index in [4.69, 9.17) is 23.2 Å². The molecule has 0 amide bonds. The van der Waals surface area contributed by atoms with E-state index >= 15 is 0 Å². The number of Topliss-reactive ketones (excluding diaryl/α,β-unsaturated/α-hetero) is 1. The van der Waals surface area contributed by atoms with Gasteiger partial charge in [-0.15, -0.1) is 5.53 Å². The fourth-order valence-electron chi connectivity index (χ4n) is 4.67. The quantitative estimate of drug-likeness (QED) is 0.171. The van der Waals surface area contributed by atoms with Crippen LogP contribution in [0.1, 0.15) is 48.6 Å². The van der Waals surface area contributed by atoms with Gasteiger partial charge in [0, 0.05) is 50.8 Å². The molecule has 0 unspecified atom stereocenters. The first-order valence-corrected chi connectivity index (χ1v) is 13.5. The number of carbonyl (C=O) groups is 1. The molecule has 200 valence electrons. The Hall–Kier alpha value is -4.29. The van der Waals surface area contributed by atoms with Crippen LogP contribution in [-0.2, 0) is 0 Å². The summed E-state index contributed by atoms with van der Waals surface area (Å²) >= 11 is 12.9. The predicted molar refractivity (Wildman–Crippen MR) is 158 cm³/mol. The third-order valence-corrected chi connectivity index (χ3v) is 7.34. The molecule has 1 saturated carbocycles. The molecule has 8 nitrogen and oxygen atoms in total. The van der Waals surface area contributed by atoms with Gasteiger partial charge in [0.15, 0.2) is 5.78 Å². The molecule has 1 atom stereocenters. The molecule has 10 heteroatoms. The smallest absolute Gasteiger partial charge is 0.162 e. The van der Waals surface area contributed by atoms with E-state index in [9.17, 15) is 11.4 Å². The minimum absolute atomic E-state index is 0.210. The molecule has 2 aliphatic rings. The van der Waals surface area contributed by atoms with Crippen molar-refractivity contribution in [2.75, 3.05) is 10.6 Å². The Bertz CT molecular complexity index is 1770. The van der Waals surface area contributed by atoms with Crippen molar-refractivity contribution in [3.05, 3.63) is 105 Å². The molecular formula is C30H25Cl2N7O. The van der Waals surface area contributed by atoms with Gasteiger partial charge >= 0.3 is 0 Å². The number of hydrogen-bond donors (Lipinski definition) is 4. The van der Waals surface area contributed by atoms with Crippen LogP contribution < -0.4 is 21.6 Å².